The van der Waals surface area contributed by atoms with Crippen molar-refractivity contribution in [2.24, 2.45) is 0 Å². The maximum atomic E-state index is 11.6. The number of carbonyl (C=O) groups is 1. The van der Waals surface area contributed by atoms with Gasteiger partial charge in [-0.2, -0.15) is 0 Å². The summed E-state index contributed by atoms with van der Waals surface area (Å²) < 4.78 is 10.2. The van der Waals surface area contributed by atoms with Gasteiger partial charge in [0.25, 0.3) is 0 Å². The Balaban J connectivity index is 4.00. The fraction of sp³-hybridized carbons (Fsp3) is 0.909. The highest BCUT2D eigenvalue weighted by Gasteiger charge is 2.32. The molecule has 1 N–H and O–H groups in total. The molecule has 1 unspecified atom stereocenters. The second kappa shape index (κ2) is 7.65. The van der Waals surface area contributed by atoms with Crippen LogP contribution in [0.5, 0.6) is 0 Å². The molecule has 15 heavy (non-hydrogen) atoms. The SMILES string of the molecule is CCOCCCC(C)(NC)C(=O)OCC. The maximum Gasteiger partial charge on any atom is 0.326 e. The van der Waals surface area contributed by atoms with E-state index in [1.54, 1.807) is 7.05 Å². The molecule has 4 heteroatoms. The van der Waals surface area contributed by atoms with Crippen LogP contribution in [0.4, 0.5) is 0 Å². The van der Waals surface area contributed by atoms with Crippen molar-refractivity contribution in [2.75, 3.05) is 26.9 Å². The molecule has 1 atom stereocenters. The van der Waals surface area contributed by atoms with Gasteiger partial charge in [-0.15, -0.1) is 0 Å². The highest BCUT2D eigenvalue weighted by atomic mass is 16.5. The molecular formula is C11H23NO3. The van der Waals surface area contributed by atoms with Crippen LogP contribution in [-0.2, 0) is 14.3 Å². The summed E-state index contributed by atoms with van der Waals surface area (Å²) in [6.07, 6.45) is 1.58. The monoisotopic (exact) mass is 217 g/mol. The summed E-state index contributed by atoms with van der Waals surface area (Å²) in [4.78, 5) is 11.6. The van der Waals surface area contributed by atoms with E-state index in [4.69, 9.17) is 9.47 Å². The summed E-state index contributed by atoms with van der Waals surface area (Å²) in [7, 11) is 1.78. The van der Waals surface area contributed by atoms with Gasteiger partial charge >= 0.3 is 5.97 Å². The first-order chi connectivity index (χ1) is 7.10. The number of ether oxygens (including phenoxy) is 2. The molecule has 0 saturated heterocycles. The van der Waals surface area contributed by atoms with Gasteiger partial charge in [-0.05, 0) is 40.7 Å². The van der Waals surface area contributed by atoms with Gasteiger partial charge in [0.2, 0.25) is 0 Å². The Morgan fingerprint density at radius 1 is 1.33 bits per heavy atom. The normalized spacial score (nSPS) is 14.7. The molecule has 0 amide bonds. The number of esters is 1. The molecule has 0 fully saturated rings. The second-order valence-electron chi connectivity index (χ2n) is 3.60. The van der Waals surface area contributed by atoms with Crippen molar-refractivity contribution in [3.63, 3.8) is 0 Å². The van der Waals surface area contributed by atoms with E-state index in [2.05, 4.69) is 5.32 Å². The fourth-order valence-electron chi connectivity index (χ4n) is 1.29. The maximum absolute atomic E-state index is 11.6. The molecule has 0 rings (SSSR count). The molecule has 4 nitrogen and oxygen atoms in total. The molecule has 0 bridgehead atoms. The summed E-state index contributed by atoms with van der Waals surface area (Å²) in [5.41, 5.74) is -0.590. The molecule has 0 aliphatic carbocycles. The van der Waals surface area contributed by atoms with E-state index in [0.29, 0.717) is 13.2 Å². The molecule has 0 aromatic heterocycles. The lowest BCUT2D eigenvalue weighted by Gasteiger charge is -2.26. The molecule has 90 valence electrons. The van der Waals surface area contributed by atoms with Gasteiger partial charge in [0.1, 0.15) is 5.54 Å². The molecule has 0 aromatic carbocycles. The van der Waals surface area contributed by atoms with Crippen LogP contribution < -0.4 is 5.32 Å². The standard InChI is InChI=1S/C11H23NO3/c1-5-14-9-7-8-11(3,12-4)10(13)15-6-2/h12H,5-9H2,1-4H3. The van der Waals surface area contributed by atoms with Crippen molar-refractivity contribution in [3.8, 4) is 0 Å². The van der Waals surface area contributed by atoms with Gasteiger partial charge in [-0.3, -0.25) is 4.79 Å². The zero-order chi connectivity index (χ0) is 11.7. The van der Waals surface area contributed by atoms with E-state index in [9.17, 15) is 4.79 Å². The topological polar surface area (TPSA) is 47.6 Å². The number of carbonyl (C=O) groups excluding carboxylic acids is 1. The van der Waals surface area contributed by atoms with Gasteiger partial charge in [0.15, 0.2) is 0 Å². The highest BCUT2D eigenvalue weighted by molar-refractivity contribution is 5.80. The number of rotatable bonds is 8. The number of nitrogens with one attached hydrogen (secondary N) is 1. The van der Waals surface area contributed by atoms with E-state index in [1.165, 1.54) is 0 Å². The molecule has 0 radical (unpaired) electrons. The smallest absolute Gasteiger partial charge is 0.326 e. The van der Waals surface area contributed by atoms with Crippen LogP contribution in [0.2, 0.25) is 0 Å². The summed E-state index contributed by atoms with van der Waals surface area (Å²) >= 11 is 0. The van der Waals surface area contributed by atoms with Crippen molar-refractivity contribution in [1.29, 1.82) is 0 Å². The van der Waals surface area contributed by atoms with Crippen LogP contribution in [0.25, 0.3) is 0 Å². The third-order valence-electron chi connectivity index (χ3n) is 2.45. The third-order valence-corrected chi connectivity index (χ3v) is 2.45. The molecule has 0 heterocycles. The van der Waals surface area contributed by atoms with Gasteiger partial charge in [-0.25, -0.2) is 0 Å². The zero-order valence-corrected chi connectivity index (χ0v) is 10.3. The second-order valence-corrected chi connectivity index (χ2v) is 3.60. The number of likely N-dealkylation sites (N-methyl/N-ethyl adjacent to an activating group) is 1. The van der Waals surface area contributed by atoms with Crippen molar-refractivity contribution >= 4 is 5.97 Å². The van der Waals surface area contributed by atoms with Crippen LogP contribution in [0, 0.1) is 0 Å². The van der Waals surface area contributed by atoms with E-state index in [0.717, 1.165) is 19.4 Å². The lowest BCUT2D eigenvalue weighted by molar-refractivity contribution is -0.150. The Bertz CT molecular complexity index is 185. The summed E-state index contributed by atoms with van der Waals surface area (Å²) in [6, 6.07) is 0. The molecule has 0 aliphatic heterocycles. The highest BCUT2D eigenvalue weighted by Crippen LogP contribution is 2.14. The van der Waals surface area contributed by atoms with Gasteiger partial charge in [-0.1, -0.05) is 0 Å². The van der Waals surface area contributed by atoms with Crippen LogP contribution in [-0.4, -0.2) is 38.4 Å². The molecule has 0 spiro atoms. The average molecular weight is 217 g/mol. The third kappa shape index (κ3) is 5.14. The van der Waals surface area contributed by atoms with Crippen LogP contribution in [0.1, 0.15) is 33.6 Å². The van der Waals surface area contributed by atoms with Gasteiger partial charge < -0.3 is 14.8 Å². The van der Waals surface area contributed by atoms with Crippen molar-refractivity contribution in [3.05, 3.63) is 0 Å². The molecule has 0 aromatic rings. The summed E-state index contributed by atoms with van der Waals surface area (Å²) in [6.45, 7) is 7.46. The quantitative estimate of drug-likeness (QED) is 0.492. The Morgan fingerprint density at radius 2 is 2.00 bits per heavy atom. The summed E-state index contributed by atoms with van der Waals surface area (Å²) in [5.74, 6) is -0.191. The first-order valence-corrected chi connectivity index (χ1v) is 5.54. The Kier molecular flexibility index (Phi) is 7.34. The Morgan fingerprint density at radius 3 is 2.47 bits per heavy atom. The van der Waals surface area contributed by atoms with Crippen LogP contribution >= 0.6 is 0 Å². The van der Waals surface area contributed by atoms with Crippen molar-refractivity contribution in [1.82, 2.24) is 5.32 Å². The number of hydrogen-bond acceptors (Lipinski definition) is 4. The predicted molar refractivity (Wildman–Crippen MR) is 59.8 cm³/mol. The van der Waals surface area contributed by atoms with E-state index in [1.807, 2.05) is 20.8 Å². The fourth-order valence-corrected chi connectivity index (χ4v) is 1.29. The van der Waals surface area contributed by atoms with Crippen molar-refractivity contribution in [2.45, 2.75) is 39.2 Å². The number of hydrogen-bond donors (Lipinski definition) is 1. The first-order valence-electron chi connectivity index (χ1n) is 5.54. The van der Waals surface area contributed by atoms with E-state index < -0.39 is 5.54 Å². The lowest BCUT2D eigenvalue weighted by Crippen LogP contribution is -2.48. The minimum atomic E-state index is -0.590. The zero-order valence-electron chi connectivity index (χ0n) is 10.3. The molecule has 0 saturated carbocycles. The van der Waals surface area contributed by atoms with Gasteiger partial charge in [0.05, 0.1) is 6.61 Å². The lowest BCUT2D eigenvalue weighted by atomic mass is 9.96. The first kappa shape index (κ1) is 14.4. The largest absolute Gasteiger partial charge is 0.465 e. The summed E-state index contributed by atoms with van der Waals surface area (Å²) in [5, 5.41) is 3.01. The minimum Gasteiger partial charge on any atom is -0.465 e. The van der Waals surface area contributed by atoms with E-state index >= 15 is 0 Å². The Labute approximate surface area is 92.3 Å². The average Bonchev–Trinajstić information content (AvgIpc) is 2.24. The predicted octanol–water partition coefficient (Wildman–Crippen LogP) is 1.34. The van der Waals surface area contributed by atoms with Crippen LogP contribution in [0.15, 0.2) is 0 Å². The molecule has 0 aliphatic rings. The molecular weight excluding hydrogens is 194 g/mol. The Hall–Kier alpha value is -0.610. The van der Waals surface area contributed by atoms with Crippen LogP contribution in [0.3, 0.4) is 0 Å². The van der Waals surface area contributed by atoms with E-state index in [-0.39, 0.29) is 5.97 Å². The minimum absolute atomic E-state index is 0.191. The van der Waals surface area contributed by atoms with Gasteiger partial charge in [0, 0.05) is 13.2 Å². The van der Waals surface area contributed by atoms with Crippen molar-refractivity contribution < 1.29 is 14.3 Å².